The summed E-state index contributed by atoms with van der Waals surface area (Å²) in [4.78, 5) is 34.0. The smallest absolute Gasteiger partial charge is 0.290 e. The van der Waals surface area contributed by atoms with Crippen LogP contribution in [0, 0.1) is 0 Å². The van der Waals surface area contributed by atoms with Gasteiger partial charge in [-0.1, -0.05) is 19.9 Å². The fraction of sp³-hybridized carbons (Fsp3) is 0.526. The van der Waals surface area contributed by atoms with Gasteiger partial charge in [-0.2, -0.15) is 0 Å². The van der Waals surface area contributed by atoms with E-state index in [1.54, 1.807) is 4.40 Å². The molecule has 0 bridgehead atoms. The second kappa shape index (κ2) is 7.68. The van der Waals surface area contributed by atoms with Gasteiger partial charge in [0.2, 0.25) is 5.82 Å². The molecule has 25 heavy (non-hydrogen) atoms. The number of carbonyl (C=O) groups is 2. The van der Waals surface area contributed by atoms with Gasteiger partial charge in [0.15, 0.2) is 5.69 Å². The zero-order chi connectivity index (χ0) is 17.8. The van der Waals surface area contributed by atoms with Crippen molar-refractivity contribution in [2.24, 2.45) is 0 Å². The van der Waals surface area contributed by atoms with Crippen molar-refractivity contribution in [1.82, 2.24) is 19.2 Å². The molecule has 6 heteroatoms. The molecular weight excluding hydrogens is 316 g/mol. The number of hydrogen-bond acceptors (Lipinski definition) is 3. The first-order chi connectivity index (χ1) is 12.2. The van der Waals surface area contributed by atoms with Gasteiger partial charge in [0, 0.05) is 32.4 Å². The van der Waals surface area contributed by atoms with E-state index in [0.29, 0.717) is 30.1 Å². The number of amides is 2. The molecule has 0 saturated carbocycles. The second-order valence-electron chi connectivity index (χ2n) is 6.53. The molecule has 2 aromatic heterocycles. The van der Waals surface area contributed by atoms with Crippen LogP contribution in [0.25, 0.3) is 5.52 Å². The molecule has 6 nitrogen and oxygen atoms in total. The number of carbonyl (C=O) groups excluding carboxylic acids is 2. The van der Waals surface area contributed by atoms with Gasteiger partial charge in [-0.15, -0.1) is 0 Å². The Balaban J connectivity index is 2.01. The van der Waals surface area contributed by atoms with E-state index in [0.717, 1.165) is 38.8 Å². The summed E-state index contributed by atoms with van der Waals surface area (Å²) in [6, 6.07) is 5.60. The van der Waals surface area contributed by atoms with E-state index < -0.39 is 0 Å². The zero-order valence-electron chi connectivity index (χ0n) is 15.1. The van der Waals surface area contributed by atoms with E-state index in [1.807, 2.05) is 34.2 Å². The maximum atomic E-state index is 13.0. The summed E-state index contributed by atoms with van der Waals surface area (Å²) < 4.78 is 1.75. The summed E-state index contributed by atoms with van der Waals surface area (Å²) >= 11 is 0. The Bertz CT molecular complexity index is 756. The molecule has 0 spiro atoms. The molecule has 3 heterocycles. The van der Waals surface area contributed by atoms with Crippen molar-refractivity contribution >= 4 is 17.3 Å². The number of imidazole rings is 1. The van der Waals surface area contributed by atoms with Gasteiger partial charge >= 0.3 is 0 Å². The van der Waals surface area contributed by atoms with Crippen LogP contribution in [0.15, 0.2) is 24.4 Å². The number of likely N-dealkylation sites (tertiary alicyclic amines) is 1. The highest BCUT2D eigenvalue weighted by molar-refractivity contribution is 6.02. The van der Waals surface area contributed by atoms with Gasteiger partial charge in [-0.25, -0.2) is 4.98 Å². The highest BCUT2D eigenvalue weighted by atomic mass is 16.2. The van der Waals surface area contributed by atoms with Crippen LogP contribution in [0.2, 0.25) is 0 Å². The standard InChI is InChI=1S/C19H26N4O2/c1-3-10-21(11-4-2)18(24)16-15-9-5-6-14-23(15)17(20-16)19(25)22-12-7-8-13-22/h5-6,9,14H,3-4,7-8,10-13H2,1-2H3. The van der Waals surface area contributed by atoms with Gasteiger partial charge in [0.25, 0.3) is 11.8 Å². The lowest BCUT2D eigenvalue weighted by Gasteiger charge is -2.20. The topological polar surface area (TPSA) is 57.9 Å². The molecule has 2 amide bonds. The fourth-order valence-electron chi connectivity index (χ4n) is 3.41. The molecule has 0 unspecified atom stereocenters. The number of hydrogen-bond donors (Lipinski definition) is 0. The normalized spacial score (nSPS) is 14.2. The predicted molar refractivity (Wildman–Crippen MR) is 96.8 cm³/mol. The van der Waals surface area contributed by atoms with E-state index in [-0.39, 0.29) is 11.8 Å². The number of fused-ring (bicyclic) bond motifs is 1. The molecule has 134 valence electrons. The Morgan fingerprint density at radius 3 is 2.44 bits per heavy atom. The molecule has 1 aliphatic rings. The van der Waals surface area contributed by atoms with Crippen molar-refractivity contribution in [1.29, 1.82) is 0 Å². The van der Waals surface area contributed by atoms with Crippen molar-refractivity contribution in [3.63, 3.8) is 0 Å². The number of aromatic nitrogens is 2. The minimum absolute atomic E-state index is 0.0877. The molecule has 1 fully saturated rings. The lowest BCUT2D eigenvalue weighted by atomic mass is 10.2. The Morgan fingerprint density at radius 1 is 1.12 bits per heavy atom. The van der Waals surface area contributed by atoms with Crippen LogP contribution in [0.5, 0.6) is 0 Å². The summed E-state index contributed by atoms with van der Waals surface area (Å²) in [5.74, 6) is 0.164. The third-order valence-corrected chi connectivity index (χ3v) is 4.61. The molecule has 0 aliphatic carbocycles. The van der Waals surface area contributed by atoms with Crippen LogP contribution in [-0.2, 0) is 0 Å². The zero-order valence-corrected chi connectivity index (χ0v) is 15.1. The van der Waals surface area contributed by atoms with E-state index in [4.69, 9.17) is 0 Å². The van der Waals surface area contributed by atoms with Crippen LogP contribution < -0.4 is 0 Å². The van der Waals surface area contributed by atoms with Crippen LogP contribution in [0.3, 0.4) is 0 Å². The third kappa shape index (κ3) is 3.38. The summed E-state index contributed by atoms with van der Waals surface area (Å²) in [5.41, 5.74) is 1.08. The lowest BCUT2D eigenvalue weighted by Crippen LogP contribution is -2.33. The third-order valence-electron chi connectivity index (χ3n) is 4.61. The first kappa shape index (κ1) is 17.5. The highest BCUT2D eigenvalue weighted by Gasteiger charge is 2.28. The predicted octanol–water partition coefficient (Wildman–Crippen LogP) is 2.83. The van der Waals surface area contributed by atoms with Crippen molar-refractivity contribution in [3.8, 4) is 0 Å². The number of rotatable bonds is 6. The maximum Gasteiger partial charge on any atom is 0.290 e. The average Bonchev–Trinajstić information content (AvgIpc) is 3.28. The summed E-state index contributed by atoms with van der Waals surface area (Å²) in [5, 5.41) is 0. The quantitative estimate of drug-likeness (QED) is 0.811. The Hall–Kier alpha value is -2.37. The molecule has 0 N–H and O–H groups in total. The minimum atomic E-state index is -0.0899. The second-order valence-corrected chi connectivity index (χ2v) is 6.53. The molecular formula is C19H26N4O2. The molecule has 1 aliphatic heterocycles. The van der Waals surface area contributed by atoms with Gasteiger partial charge in [0.1, 0.15) is 0 Å². The van der Waals surface area contributed by atoms with E-state index in [1.165, 1.54) is 0 Å². The van der Waals surface area contributed by atoms with Crippen molar-refractivity contribution in [2.45, 2.75) is 39.5 Å². The SMILES string of the molecule is CCCN(CCC)C(=O)c1nc(C(=O)N2CCCC2)n2ccccc12. The minimum Gasteiger partial charge on any atom is -0.337 e. The Kier molecular flexibility index (Phi) is 5.36. The van der Waals surface area contributed by atoms with Crippen molar-refractivity contribution in [3.05, 3.63) is 35.9 Å². The van der Waals surface area contributed by atoms with Crippen LogP contribution in [0.4, 0.5) is 0 Å². The Morgan fingerprint density at radius 2 is 1.80 bits per heavy atom. The Labute approximate surface area is 148 Å². The number of nitrogens with zero attached hydrogens (tertiary/aromatic N) is 4. The molecule has 1 saturated heterocycles. The molecule has 0 radical (unpaired) electrons. The van der Waals surface area contributed by atoms with E-state index >= 15 is 0 Å². The first-order valence-corrected chi connectivity index (χ1v) is 9.23. The van der Waals surface area contributed by atoms with Gasteiger partial charge in [-0.05, 0) is 37.8 Å². The van der Waals surface area contributed by atoms with Crippen molar-refractivity contribution in [2.75, 3.05) is 26.2 Å². The number of pyridine rings is 1. The molecule has 0 atom stereocenters. The summed E-state index contributed by atoms with van der Waals surface area (Å²) in [6.07, 6.45) is 5.67. The molecule has 0 aromatic carbocycles. The average molecular weight is 342 g/mol. The van der Waals surface area contributed by atoms with Gasteiger partial charge in [0.05, 0.1) is 5.52 Å². The van der Waals surface area contributed by atoms with Gasteiger partial charge < -0.3 is 9.80 Å². The lowest BCUT2D eigenvalue weighted by molar-refractivity contribution is 0.0752. The largest absolute Gasteiger partial charge is 0.337 e. The van der Waals surface area contributed by atoms with Crippen LogP contribution in [0.1, 0.15) is 60.6 Å². The van der Waals surface area contributed by atoms with E-state index in [9.17, 15) is 9.59 Å². The van der Waals surface area contributed by atoms with Crippen molar-refractivity contribution < 1.29 is 9.59 Å². The summed E-state index contributed by atoms with van der Waals surface area (Å²) in [7, 11) is 0. The molecule has 2 aromatic rings. The highest BCUT2D eigenvalue weighted by Crippen LogP contribution is 2.19. The molecule has 3 rings (SSSR count). The van der Waals surface area contributed by atoms with E-state index in [2.05, 4.69) is 18.8 Å². The van der Waals surface area contributed by atoms with Gasteiger partial charge in [-0.3, -0.25) is 14.0 Å². The monoisotopic (exact) mass is 342 g/mol. The van der Waals surface area contributed by atoms with Crippen LogP contribution in [-0.4, -0.2) is 57.2 Å². The van der Waals surface area contributed by atoms with Crippen LogP contribution >= 0.6 is 0 Å². The fourth-order valence-corrected chi connectivity index (χ4v) is 3.41. The first-order valence-electron chi connectivity index (χ1n) is 9.23. The summed E-state index contributed by atoms with van der Waals surface area (Å²) in [6.45, 7) is 7.05. The maximum absolute atomic E-state index is 13.0.